The van der Waals surface area contributed by atoms with Gasteiger partial charge in [-0.25, -0.2) is 4.98 Å². The predicted molar refractivity (Wildman–Crippen MR) is 123 cm³/mol. The van der Waals surface area contributed by atoms with Gasteiger partial charge in [0, 0.05) is 23.0 Å². The molecule has 1 aromatic heterocycles. The molecule has 0 amide bonds. The summed E-state index contributed by atoms with van der Waals surface area (Å²) in [6, 6.07) is 5.38. The highest BCUT2D eigenvalue weighted by molar-refractivity contribution is 6.31. The van der Waals surface area contributed by atoms with Gasteiger partial charge in [-0.15, -0.1) is 0 Å². The van der Waals surface area contributed by atoms with Crippen molar-refractivity contribution >= 4 is 34.1 Å². The van der Waals surface area contributed by atoms with E-state index >= 15 is 0 Å². The fourth-order valence-corrected chi connectivity index (χ4v) is 4.65. The molecule has 9 nitrogen and oxygen atoms in total. The van der Waals surface area contributed by atoms with Gasteiger partial charge in [0.1, 0.15) is 34.0 Å². The topological polar surface area (TPSA) is 142 Å². The molecule has 4 N–H and O–H groups in total. The molecule has 2 aliphatic rings. The zero-order valence-corrected chi connectivity index (χ0v) is 18.9. The summed E-state index contributed by atoms with van der Waals surface area (Å²) in [5.74, 6) is -2.55. The van der Waals surface area contributed by atoms with Crippen LogP contribution in [0, 0.1) is 6.92 Å². The number of aromatic hydroxyl groups is 2. The zero-order chi connectivity index (χ0) is 24.5. The molecule has 2 aromatic carbocycles. The maximum absolute atomic E-state index is 13.8. The minimum absolute atomic E-state index is 0.00395. The molecule has 1 aliphatic heterocycles. The lowest BCUT2D eigenvalue weighted by Gasteiger charge is -2.29. The molecule has 9 heteroatoms. The molecule has 0 radical (unpaired) electrons. The monoisotopic (exact) mass is 459 g/mol. The SMILES string of the molecule is CC(=O)c1c(O)c(C)c(O)c2c1OC1=CC(=O)C(=C(C)Nc3ccc4nc[nH]c4c3)C(=O)C12C. The molecule has 0 saturated carbocycles. The van der Waals surface area contributed by atoms with Gasteiger partial charge in [0.05, 0.1) is 28.5 Å². The highest BCUT2D eigenvalue weighted by atomic mass is 16.5. The molecule has 0 fully saturated rings. The standard InChI is InChI=1S/C25H21N3O6/c1-10-21(31)19(12(3)29)23-20(22(10)32)25(4)17(34-23)8-16(30)18(24(25)33)11(2)28-13-5-6-14-15(7-13)27-9-26-14/h5-9,28,31-32H,1-4H3,(H,26,27). The van der Waals surface area contributed by atoms with Crippen molar-refractivity contribution in [2.75, 3.05) is 5.32 Å². The normalized spacial score (nSPS) is 20.5. The number of benzene rings is 2. The van der Waals surface area contributed by atoms with Crippen molar-refractivity contribution in [1.82, 2.24) is 9.97 Å². The highest BCUT2D eigenvalue weighted by Crippen LogP contribution is 2.57. The summed E-state index contributed by atoms with van der Waals surface area (Å²) < 4.78 is 5.77. The Hall–Kier alpha value is -4.40. The van der Waals surface area contributed by atoms with E-state index in [-0.39, 0.29) is 39.5 Å². The predicted octanol–water partition coefficient (Wildman–Crippen LogP) is 3.56. The number of phenolic OH excluding ortho intramolecular Hbond substituents is 2. The van der Waals surface area contributed by atoms with Gasteiger partial charge in [-0.05, 0) is 45.9 Å². The second-order valence-electron chi connectivity index (χ2n) is 8.65. The number of nitrogens with one attached hydrogen (secondary N) is 2. The van der Waals surface area contributed by atoms with Crippen LogP contribution in [0.25, 0.3) is 11.0 Å². The van der Waals surface area contributed by atoms with Crippen LogP contribution in [0.15, 0.2) is 47.6 Å². The van der Waals surface area contributed by atoms with E-state index in [2.05, 4.69) is 15.3 Å². The summed E-state index contributed by atoms with van der Waals surface area (Å²) >= 11 is 0. The lowest BCUT2D eigenvalue weighted by Crippen LogP contribution is -2.40. The number of carbonyl (C=O) groups excluding carboxylic acids is 3. The third-order valence-corrected chi connectivity index (χ3v) is 6.51. The largest absolute Gasteiger partial charge is 0.507 e. The number of Topliss-reactive ketones (excluding diaryl/α,β-unsaturated/α-hetero) is 2. The molecule has 1 atom stereocenters. The Labute approximate surface area is 193 Å². The molecular weight excluding hydrogens is 438 g/mol. The zero-order valence-electron chi connectivity index (χ0n) is 18.9. The molecule has 34 heavy (non-hydrogen) atoms. The van der Waals surface area contributed by atoms with Crippen molar-refractivity contribution < 1.29 is 29.3 Å². The van der Waals surface area contributed by atoms with Gasteiger partial charge in [-0.2, -0.15) is 0 Å². The Morgan fingerprint density at radius 3 is 2.62 bits per heavy atom. The second-order valence-corrected chi connectivity index (χ2v) is 8.65. The van der Waals surface area contributed by atoms with Gasteiger partial charge in [-0.1, -0.05) is 0 Å². The average molecular weight is 459 g/mol. The summed E-state index contributed by atoms with van der Waals surface area (Å²) in [5.41, 5.74) is 0.838. The van der Waals surface area contributed by atoms with Gasteiger partial charge in [0.15, 0.2) is 17.3 Å². The minimum atomic E-state index is -1.55. The number of hydrogen-bond donors (Lipinski definition) is 4. The van der Waals surface area contributed by atoms with Gasteiger partial charge in [0.25, 0.3) is 0 Å². The molecule has 2 heterocycles. The molecule has 0 spiro atoms. The van der Waals surface area contributed by atoms with Crippen LogP contribution in [0.1, 0.15) is 42.3 Å². The van der Waals surface area contributed by atoms with E-state index in [0.29, 0.717) is 11.4 Å². The Kier molecular flexibility index (Phi) is 4.45. The van der Waals surface area contributed by atoms with Gasteiger partial charge in [-0.3, -0.25) is 14.4 Å². The maximum atomic E-state index is 13.8. The lowest BCUT2D eigenvalue weighted by molar-refractivity contribution is -0.123. The number of ether oxygens (including phenoxy) is 1. The Bertz CT molecular complexity index is 1530. The number of allylic oxidation sites excluding steroid dienone is 4. The number of fused-ring (bicyclic) bond motifs is 4. The Balaban J connectivity index is 1.66. The highest BCUT2D eigenvalue weighted by Gasteiger charge is 2.56. The smallest absolute Gasteiger partial charge is 0.194 e. The van der Waals surface area contributed by atoms with Gasteiger partial charge < -0.3 is 25.3 Å². The van der Waals surface area contributed by atoms with Crippen molar-refractivity contribution in [3.8, 4) is 17.2 Å². The molecule has 1 aliphatic carbocycles. The quantitative estimate of drug-likeness (QED) is 0.265. The number of aromatic amines is 1. The van der Waals surface area contributed by atoms with Crippen LogP contribution >= 0.6 is 0 Å². The maximum Gasteiger partial charge on any atom is 0.194 e. The number of ketones is 3. The minimum Gasteiger partial charge on any atom is -0.507 e. The van der Waals surface area contributed by atoms with Crippen LogP contribution in [0.4, 0.5) is 5.69 Å². The molecular formula is C25H21N3O6. The molecule has 5 rings (SSSR count). The number of imidazole rings is 1. The lowest BCUT2D eigenvalue weighted by atomic mass is 9.70. The van der Waals surface area contributed by atoms with Crippen LogP contribution in [0.3, 0.4) is 0 Å². The molecule has 172 valence electrons. The third-order valence-electron chi connectivity index (χ3n) is 6.51. The van der Waals surface area contributed by atoms with E-state index in [0.717, 1.165) is 11.0 Å². The fraction of sp³-hybridized carbons (Fsp3) is 0.200. The van der Waals surface area contributed by atoms with E-state index < -0.39 is 28.5 Å². The van der Waals surface area contributed by atoms with Crippen molar-refractivity contribution in [1.29, 1.82) is 0 Å². The second kappa shape index (κ2) is 7.05. The summed E-state index contributed by atoms with van der Waals surface area (Å²) in [6.45, 7) is 5.83. The van der Waals surface area contributed by atoms with E-state index in [1.54, 1.807) is 31.5 Å². The number of hydrogen-bond acceptors (Lipinski definition) is 8. The average Bonchev–Trinajstić information content (AvgIpc) is 3.34. The van der Waals surface area contributed by atoms with E-state index in [1.807, 2.05) is 0 Å². The van der Waals surface area contributed by atoms with Crippen LogP contribution in [0.5, 0.6) is 17.2 Å². The van der Waals surface area contributed by atoms with Crippen molar-refractivity contribution in [3.63, 3.8) is 0 Å². The van der Waals surface area contributed by atoms with Crippen LogP contribution in [-0.2, 0) is 15.0 Å². The van der Waals surface area contributed by atoms with Gasteiger partial charge in [0.2, 0.25) is 0 Å². The first-order valence-corrected chi connectivity index (χ1v) is 10.6. The number of rotatable bonds is 3. The Morgan fingerprint density at radius 2 is 1.91 bits per heavy atom. The summed E-state index contributed by atoms with van der Waals surface area (Å²) in [6.07, 6.45) is 2.76. The Morgan fingerprint density at radius 1 is 1.18 bits per heavy atom. The number of carbonyl (C=O) groups is 3. The summed E-state index contributed by atoms with van der Waals surface area (Å²) in [7, 11) is 0. The number of aromatic nitrogens is 2. The molecule has 0 bridgehead atoms. The number of phenols is 2. The van der Waals surface area contributed by atoms with E-state index in [4.69, 9.17) is 4.74 Å². The van der Waals surface area contributed by atoms with E-state index in [9.17, 15) is 24.6 Å². The van der Waals surface area contributed by atoms with Crippen molar-refractivity contribution in [2.24, 2.45) is 0 Å². The first-order chi connectivity index (χ1) is 16.1. The summed E-state index contributed by atoms with van der Waals surface area (Å²) in [5, 5.41) is 24.4. The summed E-state index contributed by atoms with van der Waals surface area (Å²) in [4.78, 5) is 46.3. The first kappa shape index (κ1) is 21.4. The van der Waals surface area contributed by atoms with Gasteiger partial charge >= 0.3 is 0 Å². The first-order valence-electron chi connectivity index (χ1n) is 10.6. The van der Waals surface area contributed by atoms with Crippen LogP contribution in [0.2, 0.25) is 0 Å². The number of nitrogens with zero attached hydrogens (tertiary/aromatic N) is 1. The van der Waals surface area contributed by atoms with E-state index in [1.165, 1.54) is 26.8 Å². The van der Waals surface area contributed by atoms with Crippen molar-refractivity contribution in [3.05, 3.63) is 64.3 Å². The van der Waals surface area contributed by atoms with Crippen LogP contribution in [-0.4, -0.2) is 37.5 Å². The number of anilines is 1. The molecule has 1 unspecified atom stereocenters. The van der Waals surface area contributed by atoms with Crippen molar-refractivity contribution in [2.45, 2.75) is 33.1 Å². The van der Waals surface area contributed by atoms with Crippen LogP contribution < -0.4 is 10.1 Å². The third kappa shape index (κ3) is 2.73. The molecule has 3 aromatic rings. The fourth-order valence-electron chi connectivity index (χ4n) is 4.65. The molecule has 0 saturated heterocycles. The number of H-pyrrole nitrogens is 1.